The molecule has 4 aromatic carbocycles. The normalized spacial score (nSPS) is 18.2. The van der Waals surface area contributed by atoms with Gasteiger partial charge in [-0.25, -0.2) is 4.79 Å². The summed E-state index contributed by atoms with van der Waals surface area (Å²) in [6, 6.07) is 33.0. The number of nitrogens with zero attached hydrogens (tertiary/aromatic N) is 2. The summed E-state index contributed by atoms with van der Waals surface area (Å²) in [5.74, 6) is -1.71. The molecule has 2 aliphatic rings. The van der Waals surface area contributed by atoms with Crippen molar-refractivity contribution in [3.63, 3.8) is 0 Å². The van der Waals surface area contributed by atoms with Crippen LogP contribution in [0.25, 0.3) is 0 Å². The number of nitrogens with one attached hydrogen (secondary N) is 2. The zero-order valence-corrected chi connectivity index (χ0v) is 30.4. The van der Waals surface area contributed by atoms with Crippen molar-refractivity contribution in [3.05, 3.63) is 132 Å². The molecule has 1 aliphatic carbocycles. The number of benzene rings is 4. The molecule has 4 aromatic rings. The van der Waals surface area contributed by atoms with E-state index >= 15 is 0 Å². The van der Waals surface area contributed by atoms with E-state index in [1.54, 1.807) is 46.2 Å². The van der Waals surface area contributed by atoms with E-state index in [2.05, 4.69) is 10.6 Å². The van der Waals surface area contributed by atoms with Crippen LogP contribution in [0.1, 0.15) is 61.9 Å². The molecule has 4 amide bonds. The first kappa shape index (κ1) is 37.8. The zero-order chi connectivity index (χ0) is 38.1. The first-order chi connectivity index (χ1) is 26.1. The molecule has 6 rings (SSSR count). The molecule has 1 aliphatic heterocycles. The predicted molar refractivity (Wildman–Crippen MR) is 203 cm³/mol. The molecule has 3 atom stereocenters. The van der Waals surface area contributed by atoms with Crippen LogP contribution in [0.3, 0.4) is 0 Å². The minimum absolute atomic E-state index is 0.0251. The van der Waals surface area contributed by atoms with Gasteiger partial charge in [-0.05, 0) is 60.2 Å². The maximum absolute atomic E-state index is 14.6. The summed E-state index contributed by atoms with van der Waals surface area (Å²) in [5, 5.41) is 15.7. The molecule has 1 saturated carbocycles. The number of rotatable bonds is 15. The molecule has 1 saturated heterocycles. The van der Waals surface area contributed by atoms with Gasteiger partial charge in [-0.3, -0.25) is 24.1 Å². The topological polar surface area (TPSA) is 145 Å². The van der Waals surface area contributed by atoms with Crippen LogP contribution in [-0.4, -0.2) is 64.8 Å². The van der Waals surface area contributed by atoms with Crippen molar-refractivity contribution in [2.24, 2.45) is 5.41 Å². The summed E-state index contributed by atoms with van der Waals surface area (Å²) >= 11 is 0. The Morgan fingerprint density at radius 2 is 1.44 bits per heavy atom. The van der Waals surface area contributed by atoms with Crippen molar-refractivity contribution in [1.82, 2.24) is 15.5 Å². The Bertz CT molecular complexity index is 1920. The van der Waals surface area contributed by atoms with Gasteiger partial charge >= 0.3 is 5.97 Å². The number of amides is 4. The standard InChI is InChI=1S/C43H46N4O7/c1-30(48)44-26-25-43(23-11-12-24-43)42(53)45-36(41(51)52)27-32-19-21-34(22-20-32)46-39(33-15-7-3-8-16-33)47(38(49)29-54-35-17-9-4-10-18-35)37(40(46)50)28-31-13-5-2-6-14-31/h2-10,13-22,36-37,39H,11-12,23-29H2,1H3,(H,44,48)(H,45,53)(H,51,52)/t36?,37-,39?/m1/s1. The number of aliphatic carboxylic acids is 1. The average Bonchev–Trinajstić information content (AvgIpc) is 3.78. The molecule has 0 spiro atoms. The lowest BCUT2D eigenvalue weighted by atomic mass is 9.81. The number of carbonyl (C=O) groups is 5. The molecule has 0 radical (unpaired) electrons. The molecule has 54 heavy (non-hydrogen) atoms. The van der Waals surface area contributed by atoms with E-state index in [1.165, 1.54) is 6.92 Å². The number of ether oxygens (including phenoxy) is 1. The third kappa shape index (κ3) is 8.79. The zero-order valence-electron chi connectivity index (χ0n) is 30.4. The average molecular weight is 731 g/mol. The molecule has 280 valence electrons. The maximum Gasteiger partial charge on any atom is 0.326 e. The van der Waals surface area contributed by atoms with Gasteiger partial charge in [0.05, 0.1) is 5.41 Å². The van der Waals surface area contributed by atoms with Crippen molar-refractivity contribution >= 4 is 35.3 Å². The van der Waals surface area contributed by atoms with Crippen molar-refractivity contribution in [1.29, 1.82) is 0 Å². The SMILES string of the molecule is CC(=O)NCCC1(C(=O)NC(Cc2ccc(N3C(=O)[C@@H](Cc4ccccc4)N(C(=O)COc4ccccc4)C3c3ccccc3)cc2)C(=O)O)CCCC1. The lowest BCUT2D eigenvalue weighted by Crippen LogP contribution is -2.49. The quantitative estimate of drug-likeness (QED) is 0.148. The number of para-hydroxylation sites is 1. The van der Waals surface area contributed by atoms with Gasteiger partial charge in [0.25, 0.3) is 11.8 Å². The fraction of sp³-hybridized carbons (Fsp3) is 0.326. The van der Waals surface area contributed by atoms with Gasteiger partial charge in [0.2, 0.25) is 11.8 Å². The number of carboxylic acids is 1. The predicted octanol–water partition coefficient (Wildman–Crippen LogP) is 5.45. The highest BCUT2D eigenvalue weighted by atomic mass is 16.5. The highest BCUT2D eigenvalue weighted by Crippen LogP contribution is 2.42. The molecule has 3 N–H and O–H groups in total. The van der Waals surface area contributed by atoms with E-state index in [9.17, 15) is 29.1 Å². The van der Waals surface area contributed by atoms with Crippen LogP contribution in [0.15, 0.2) is 115 Å². The summed E-state index contributed by atoms with van der Waals surface area (Å²) in [6.45, 7) is 1.50. The Kier molecular flexibility index (Phi) is 12.1. The Balaban J connectivity index is 1.26. The molecule has 11 nitrogen and oxygen atoms in total. The van der Waals surface area contributed by atoms with E-state index in [0.717, 1.165) is 24.0 Å². The van der Waals surface area contributed by atoms with Crippen LogP contribution in [-0.2, 0) is 36.8 Å². The Morgan fingerprint density at radius 3 is 2.06 bits per heavy atom. The molecular formula is C43H46N4O7. The minimum Gasteiger partial charge on any atom is -0.484 e. The van der Waals surface area contributed by atoms with Gasteiger partial charge in [-0.15, -0.1) is 0 Å². The van der Waals surface area contributed by atoms with E-state index < -0.39 is 29.6 Å². The summed E-state index contributed by atoms with van der Waals surface area (Å²) in [6.07, 6.45) is 2.97. The number of carboxylic acid groups (broad SMARTS) is 1. The minimum atomic E-state index is -1.18. The third-order valence-electron chi connectivity index (χ3n) is 10.4. The van der Waals surface area contributed by atoms with Crippen LogP contribution in [0.5, 0.6) is 5.75 Å². The van der Waals surface area contributed by atoms with Gasteiger partial charge in [0.15, 0.2) is 6.61 Å². The van der Waals surface area contributed by atoms with Crippen LogP contribution in [0, 0.1) is 5.41 Å². The lowest BCUT2D eigenvalue weighted by molar-refractivity contribution is -0.144. The number of hydrogen-bond acceptors (Lipinski definition) is 6. The Morgan fingerprint density at radius 1 is 0.833 bits per heavy atom. The molecule has 2 unspecified atom stereocenters. The van der Waals surface area contributed by atoms with E-state index in [0.29, 0.717) is 49.2 Å². The molecule has 0 bridgehead atoms. The van der Waals surface area contributed by atoms with Gasteiger partial charge in [-0.1, -0.05) is 104 Å². The third-order valence-corrected chi connectivity index (χ3v) is 10.4. The van der Waals surface area contributed by atoms with Crippen LogP contribution < -0.4 is 20.3 Å². The summed E-state index contributed by atoms with van der Waals surface area (Å²) < 4.78 is 5.89. The van der Waals surface area contributed by atoms with Crippen molar-refractivity contribution in [2.45, 2.75) is 70.1 Å². The first-order valence-electron chi connectivity index (χ1n) is 18.4. The van der Waals surface area contributed by atoms with Gasteiger partial charge in [0.1, 0.15) is 24.0 Å². The Labute approximate surface area is 315 Å². The smallest absolute Gasteiger partial charge is 0.326 e. The number of anilines is 1. The second-order valence-corrected chi connectivity index (χ2v) is 14.1. The lowest BCUT2D eigenvalue weighted by Gasteiger charge is -2.32. The van der Waals surface area contributed by atoms with Gasteiger partial charge < -0.3 is 25.4 Å². The second-order valence-electron chi connectivity index (χ2n) is 14.1. The van der Waals surface area contributed by atoms with Crippen molar-refractivity contribution < 1.29 is 33.8 Å². The first-order valence-corrected chi connectivity index (χ1v) is 18.4. The second kappa shape index (κ2) is 17.2. The fourth-order valence-corrected chi connectivity index (χ4v) is 7.63. The van der Waals surface area contributed by atoms with E-state index in [1.807, 2.05) is 78.9 Å². The molecular weight excluding hydrogens is 684 g/mol. The van der Waals surface area contributed by atoms with Crippen molar-refractivity contribution in [3.8, 4) is 5.75 Å². The van der Waals surface area contributed by atoms with Crippen molar-refractivity contribution in [2.75, 3.05) is 18.1 Å². The highest BCUT2D eigenvalue weighted by molar-refractivity contribution is 6.04. The Hall–Kier alpha value is -5.97. The largest absolute Gasteiger partial charge is 0.484 e. The van der Waals surface area contributed by atoms with Gasteiger partial charge in [0, 0.05) is 32.0 Å². The number of carbonyl (C=O) groups excluding carboxylic acids is 4. The summed E-state index contributed by atoms with van der Waals surface area (Å²) in [5.41, 5.74) is 2.10. The highest BCUT2D eigenvalue weighted by Gasteiger charge is 2.50. The summed E-state index contributed by atoms with van der Waals surface area (Å²) in [7, 11) is 0. The van der Waals surface area contributed by atoms with E-state index in [-0.39, 0.29) is 36.7 Å². The van der Waals surface area contributed by atoms with Crippen LogP contribution in [0.2, 0.25) is 0 Å². The summed E-state index contributed by atoms with van der Waals surface area (Å²) in [4.78, 5) is 69.5. The fourth-order valence-electron chi connectivity index (χ4n) is 7.63. The van der Waals surface area contributed by atoms with E-state index in [4.69, 9.17) is 4.74 Å². The molecule has 11 heteroatoms. The molecule has 1 heterocycles. The molecule has 0 aromatic heterocycles. The van der Waals surface area contributed by atoms with Gasteiger partial charge in [-0.2, -0.15) is 0 Å². The maximum atomic E-state index is 14.6. The number of hydrogen-bond donors (Lipinski definition) is 3. The molecule has 2 fully saturated rings. The van der Waals surface area contributed by atoms with Crippen LogP contribution in [0.4, 0.5) is 5.69 Å². The monoisotopic (exact) mass is 730 g/mol. The van der Waals surface area contributed by atoms with Crippen LogP contribution >= 0.6 is 0 Å².